The van der Waals surface area contributed by atoms with E-state index in [0.717, 1.165) is 18.0 Å². The third kappa shape index (κ3) is 3.96. The van der Waals surface area contributed by atoms with E-state index in [1.165, 1.54) is 71.0 Å². The first kappa shape index (κ1) is 14.3. The fourth-order valence-corrected chi connectivity index (χ4v) is 3.82. The minimum atomic E-state index is 0.769. The van der Waals surface area contributed by atoms with E-state index in [9.17, 15) is 0 Å². The molecule has 2 heteroatoms. The number of nitrogens with one attached hydrogen (secondary N) is 1. The molecule has 3 unspecified atom stereocenters. The molecule has 1 aliphatic heterocycles. The largest absolute Gasteiger partial charge is 0.313 e. The molecule has 1 saturated carbocycles. The van der Waals surface area contributed by atoms with Crippen LogP contribution in [-0.2, 0) is 0 Å². The van der Waals surface area contributed by atoms with Gasteiger partial charge in [-0.05, 0) is 57.5 Å². The highest BCUT2D eigenvalue weighted by molar-refractivity contribution is 4.85. The number of hydrogen-bond donors (Lipinski definition) is 1. The van der Waals surface area contributed by atoms with Crippen molar-refractivity contribution < 1.29 is 0 Å². The summed E-state index contributed by atoms with van der Waals surface area (Å²) in [7, 11) is 0. The molecule has 0 amide bonds. The van der Waals surface area contributed by atoms with E-state index in [2.05, 4.69) is 24.1 Å². The van der Waals surface area contributed by atoms with E-state index < -0.39 is 0 Å². The second-order valence-electron chi connectivity index (χ2n) is 6.38. The average Bonchev–Trinajstić information content (AvgIpc) is 2.88. The summed E-state index contributed by atoms with van der Waals surface area (Å²) in [6.07, 6.45) is 11.3. The van der Waals surface area contributed by atoms with Crippen LogP contribution in [0.2, 0.25) is 0 Å². The van der Waals surface area contributed by atoms with Crippen molar-refractivity contribution in [1.29, 1.82) is 0 Å². The maximum Gasteiger partial charge on any atom is 0.0195 e. The lowest BCUT2D eigenvalue weighted by molar-refractivity contribution is 0.164. The van der Waals surface area contributed by atoms with Gasteiger partial charge in [0.2, 0.25) is 0 Å². The van der Waals surface area contributed by atoms with Crippen LogP contribution in [-0.4, -0.2) is 36.6 Å². The minimum Gasteiger partial charge on any atom is -0.313 e. The number of piperidine rings is 1. The van der Waals surface area contributed by atoms with Crippen LogP contribution in [0.25, 0.3) is 0 Å². The van der Waals surface area contributed by atoms with Crippen molar-refractivity contribution in [2.45, 2.75) is 77.3 Å². The van der Waals surface area contributed by atoms with Crippen molar-refractivity contribution in [3.63, 3.8) is 0 Å². The fraction of sp³-hybridized carbons (Fsp3) is 1.00. The Kier molecular flexibility index (Phi) is 5.97. The molecule has 1 N–H and O–H groups in total. The molecule has 0 aromatic heterocycles. The molecule has 0 radical (unpaired) electrons. The Labute approximate surface area is 114 Å². The lowest BCUT2D eigenvalue weighted by atomic mass is 10.0. The Morgan fingerprint density at radius 2 is 2.00 bits per heavy atom. The minimum absolute atomic E-state index is 0.769. The van der Waals surface area contributed by atoms with Crippen molar-refractivity contribution >= 4 is 0 Å². The van der Waals surface area contributed by atoms with Crippen LogP contribution in [0, 0.1) is 5.92 Å². The zero-order chi connectivity index (χ0) is 12.8. The SMILES string of the molecule is CCCN(CC1CCCCN1)C1CCC(CC)C1. The van der Waals surface area contributed by atoms with Crippen LogP contribution < -0.4 is 5.32 Å². The number of rotatable bonds is 6. The predicted octanol–water partition coefficient (Wildman–Crippen LogP) is 3.42. The molecule has 2 aliphatic rings. The normalized spacial score (nSPS) is 33.2. The molecule has 1 saturated heterocycles. The second-order valence-corrected chi connectivity index (χ2v) is 6.38. The van der Waals surface area contributed by atoms with Gasteiger partial charge in [0.15, 0.2) is 0 Å². The summed E-state index contributed by atoms with van der Waals surface area (Å²) in [5.41, 5.74) is 0. The van der Waals surface area contributed by atoms with Crippen molar-refractivity contribution in [2.24, 2.45) is 5.92 Å². The summed E-state index contributed by atoms with van der Waals surface area (Å²) in [6.45, 7) is 8.54. The van der Waals surface area contributed by atoms with Gasteiger partial charge in [-0.25, -0.2) is 0 Å². The summed E-state index contributed by atoms with van der Waals surface area (Å²) in [4.78, 5) is 2.80. The van der Waals surface area contributed by atoms with E-state index in [1.807, 2.05) is 0 Å². The first-order valence-electron chi connectivity index (χ1n) is 8.30. The maximum atomic E-state index is 3.71. The highest BCUT2D eigenvalue weighted by Crippen LogP contribution is 2.31. The van der Waals surface area contributed by atoms with Crippen molar-refractivity contribution in [1.82, 2.24) is 10.2 Å². The zero-order valence-electron chi connectivity index (χ0n) is 12.5. The van der Waals surface area contributed by atoms with Crippen LogP contribution in [0.15, 0.2) is 0 Å². The summed E-state index contributed by atoms with van der Waals surface area (Å²) < 4.78 is 0. The van der Waals surface area contributed by atoms with Gasteiger partial charge in [-0.1, -0.05) is 26.7 Å². The first-order chi connectivity index (χ1) is 8.83. The third-order valence-corrected chi connectivity index (χ3v) is 4.99. The molecule has 1 aliphatic carbocycles. The van der Waals surface area contributed by atoms with Crippen LogP contribution in [0.4, 0.5) is 0 Å². The monoisotopic (exact) mass is 252 g/mol. The fourth-order valence-electron chi connectivity index (χ4n) is 3.82. The van der Waals surface area contributed by atoms with Crippen molar-refractivity contribution in [3.05, 3.63) is 0 Å². The second kappa shape index (κ2) is 7.49. The van der Waals surface area contributed by atoms with E-state index in [1.54, 1.807) is 0 Å². The van der Waals surface area contributed by atoms with Crippen molar-refractivity contribution in [2.75, 3.05) is 19.6 Å². The van der Waals surface area contributed by atoms with Gasteiger partial charge in [-0.15, -0.1) is 0 Å². The molecule has 106 valence electrons. The summed E-state index contributed by atoms with van der Waals surface area (Å²) in [6, 6.07) is 1.66. The van der Waals surface area contributed by atoms with Crippen LogP contribution in [0.5, 0.6) is 0 Å². The van der Waals surface area contributed by atoms with E-state index in [-0.39, 0.29) is 0 Å². The van der Waals surface area contributed by atoms with Gasteiger partial charge in [0.25, 0.3) is 0 Å². The Hall–Kier alpha value is -0.0800. The standard InChI is InChI=1S/C16H32N2/c1-3-11-18(13-15-7-5-6-10-17-15)16-9-8-14(4-2)12-16/h14-17H,3-13H2,1-2H3. The Morgan fingerprint density at radius 3 is 2.61 bits per heavy atom. The lowest BCUT2D eigenvalue weighted by Crippen LogP contribution is -2.47. The van der Waals surface area contributed by atoms with Gasteiger partial charge in [0, 0.05) is 18.6 Å². The molecule has 1 heterocycles. The summed E-state index contributed by atoms with van der Waals surface area (Å²) in [5, 5.41) is 3.71. The quantitative estimate of drug-likeness (QED) is 0.779. The highest BCUT2D eigenvalue weighted by atomic mass is 15.2. The van der Waals surface area contributed by atoms with Crippen LogP contribution >= 0.6 is 0 Å². The molecule has 0 aromatic rings. The van der Waals surface area contributed by atoms with Crippen LogP contribution in [0.1, 0.15) is 65.2 Å². The molecule has 0 aromatic carbocycles. The smallest absolute Gasteiger partial charge is 0.0195 e. The molecule has 18 heavy (non-hydrogen) atoms. The van der Waals surface area contributed by atoms with Gasteiger partial charge >= 0.3 is 0 Å². The van der Waals surface area contributed by atoms with Gasteiger partial charge in [0.1, 0.15) is 0 Å². The van der Waals surface area contributed by atoms with E-state index >= 15 is 0 Å². The molecule has 0 spiro atoms. The van der Waals surface area contributed by atoms with E-state index in [0.29, 0.717) is 0 Å². The molecule has 2 rings (SSSR count). The number of nitrogens with zero attached hydrogens (tertiary/aromatic N) is 1. The Balaban J connectivity index is 1.82. The van der Waals surface area contributed by atoms with Crippen LogP contribution in [0.3, 0.4) is 0 Å². The lowest BCUT2D eigenvalue weighted by Gasteiger charge is -2.34. The predicted molar refractivity (Wildman–Crippen MR) is 78.9 cm³/mol. The summed E-state index contributed by atoms with van der Waals surface area (Å²) in [5.74, 6) is 1.01. The molecule has 0 bridgehead atoms. The highest BCUT2D eigenvalue weighted by Gasteiger charge is 2.29. The van der Waals surface area contributed by atoms with E-state index in [4.69, 9.17) is 0 Å². The summed E-state index contributed by atoms with van der Waals surface area (Å²) >= 11 is 0. The third-order valence-electron chi connectivity index (χ3n) is 4.99. The Bertz CT molecular complexity index is 223. The Morgan fingerprint density at radius 1 is 1.11 bits per heavy atom. The van der Waals surface area contributed by atoms with Gasteiger partial charge in [0.05, 0.1) is 0 Å². The maximum absolute atomic E-state index is 3.71. The number of hydrogen-bond acceptors (Lipinski definition) is 2. The van der Waals surface area contributed by atoms with Gasteiger partial charge in [-0.2, -0.15) is 0 Å². The average molecular weight is 252 g/mol. The van der Waals surface area contributed by atoms with Gasteiger partial charge < -0.3 is 5.32 Å². The molecule has 2 nitrogen and oxygen atoms in total. The molecular weight excluding hydrogens is 220 g/mol. The zero-order valence-corrected chi connectivity index (χ0v) is 12.5. The van der Waals surface area contributed by atoms with Crippen molar-refractivity contribution in [3.8, 4) is 0 Å². The topological polar surface area (TPSA) is 15.3 Å². The van der Waals surface area contributed by atoms with Gasteiger partial charge in [-0.3, -0.25) is 4.90 Å². The molecule has 2 fully saturated rings. The molecular formula is C16H32N2. The molecule has 3 atom stereocenters. The first-order valence-corrected chi connectivity index (χ1v) is 8.30.